The molecular formula is C20H21ClN2O4. The molecule has 0 aliphatic carbocycles. The van der Waals surface area contributed by atoms with Gasteiger partial charge in [-0.25, -0.2) is 5.01 Å². The monoisotopic (exact) mass is 388 g/mol. The molecule has 0 aromatic heterocycles. The van der Waals surface area contributed by atoms with Crippen molar-refractivity contribution in [2.45, 2.75) is 12.5 Å². The first-order valence-corrected chi connectivity index (χ1v) is 8.96. The first-order valence-electron chi connectivity index (χ1n) is 8.43. The van der Waals surface area contributed by atoms with Gasteiger partial charge in [-0.05, 0) is 29.8 Å². The zero-order valence-electron chi connectivity index (χ0n) is 15.4. The van der Waals surface area contributed by atoms with Gasteiger partial charge in [-0.3, -0.25) is 4.79 Å². The van der Waals surface area contributed by atoms with Crippen LogP contribution in [0, 0.1) is 0 Å². The van der Waals surface area contributed by atoms with E-state index in [4.69, 9.17) is 25.8 Å². The maximum atomic E-state index is 12.4. The number of nitrogens with zero attached hydrogens (tertiary/aromatic N) is 2. The molecule has 7 heteroatoms. The Bertz CT molecular complexity index is 869. The van der Waals surface area contributed by atoms with Gasteiger partial charge in [0.05, 0.1) is 33.1 Å². The summed E-state index contributed by atoms with van der Waals surface area (Å²) in [6.45, 7) is 0. The van der Waals surface area contributed by atoms with E-state index in [1.54, 1.807) is 21.3 Å². The van der Waals surface area contributed by atoms with Crippen LogP contribution in [0.25, 0.3) is 0 Å². The highest BCUT2D eigenvalue weighted by Crippen LogP contribution is 2.37. The quantitative estimate of drug-likeness (QED) is 0.709. The molecule has 0 saturated heterocycles. The van der Waals surface area contributed by atoms with Crippen molar-refractivity contribution in [1.82, 2.24) is 5.01 Å². The fourth-order valence-electron chi connectivity index (χ4n) is 3.10. The number of methoxy groups -OCH3 is 3. The lowest BCUT2D eigenvalue weighted by molar-refractivity contribution is -0.130. The average molecular weight is 389 g/mol. The van der Waals surface area contributed by atoms with E-state index in [9.17, 15) is 4.79 Å². The third-order valence-electron chi connectivity index (χ3n) is 4.48. The van der Waals surface area contributed by atoms with E-state index in [0.717, 1.165) is 22.6 Å². The van der Waals surface area contributed by atoms with Crippen LogP contribution in [0.1, 0.15) is 23.6 Å². The van der Waals surface area contributed by atoms with Gasteiger partial charge in [0.2, 0.25) is 0 Å². The second-order valence-corrected chi connectivity index (χ2v) is 6.25. The number of ether oxygens (including phenoxy) is 3. The van der Waals surface area contributed by atoms with E-state index in [0.29, 0.717) is 17.9 Å². The second kappa shape index (κ2) is 8.31. The Morgan fingerprint density at radius 3 is 2.56 bits per heavy atom. The summed E-state index contributed by atoms with van der Waals surface area (Å²) in [4.78, 5) is 12.4. The van der Waals surface area contributed by atoms with E-state index in [1.165, 1.54) is 5.01 Å². The van der Waals surface area contributed by atoms with Gasteiger partial charge in [0.1, 0.15) is 11.6 Å². The number of alkyl halides is 1. The van der Waals surface area contributed by atoms with Crippen LogP contribution in [-0.4, -0.2) is 43.8 Å². The normalized spacial score (nSPS) is 16.1. The molecule has 1 atom stereocenters. The minimum atomic E-state index is -0.266. The summed E-state index contributed by atoms with van der Waals surface area (Å²) in [7, 11) is 4.78. The Labute approximate surface area is 163 Å². The fourth-order valence-corrected chi connectivity index (χ4v) is 3.22. The lowest BCUT2D eigenvalue weighted by Gasteiger charge is -2.22. The van der Waals surface area contributed by atoms with Gasteiger partial charge in [-0.1, -0.05) is 18.2 Å². The lowest BCUT2D eigenvalue weighted by atomic mass is 9.98. The molecule has 3 rings (SSSR count). The number of rotatable bonds is 6. The average Bonchev–Trinajstić information content (AvgIpc) is 3.18. The van der Waals surface area contributed by atoms with Crippen LogP contribution in [0.4, 0.5) is 0 Å². The van der Waals surface area contributed by atoms with Crippen LogP contribution in [0.15, 0.2) is 47.6 Å². The van der Waals surface area contributed by atoms with E-state index >= 15 is 0 Å². The largest absolute Gasteiger partial charge is 0.497 e. The first-order chi connectivity index (χ1) is 13.1. The minimum Gasteiger partial charge on any atom is -0.497 e. The van der Waals surface area contributed by atoms with Crippen molar-refractivity contribution in [3.63, 3.8) is 0 Å². The van der Waals surface area contributed by atoms with Gasteiger partial charge < -0.3 is 14.2 Å². The standard InChI is InChI=1S/C20H21ClN2O4/c1-25-15-6-4-5-13(9-15)16-11-17(23(22-16)20(24)12-21)14-7-8-18(26-2)19(10-14)27-3/h4-10,17H,11-12H2,1-3H3. The minimum absolute atomic E-state index is 0.140. The lowest BCUT2D eigenvalue weighted by Crippen LogP contribution is -2.28. The third-order valence-corrected chi connectivity index (χ3v) is 4.70. The zero-order valence-corrected chi connectivity index (χ0v) is 16.2. The topological polar surface area (TPSA) is 60.4 Å². The molecule has 0 saturated carbocycles. The van der Waals surface area contributed by atoms with Crippen molar-refractivity contribution < 1.29 is 19.0 Å². The number of hydrazone groups is 1. The number of carbonyl (C=O) groups is 1. The molecule has 142 valence electrons. The molecule has 0 N–H and O–H groups in total. The van der Waals surface area contributed by atoms with Gasteiger partial charge >= 0.3 is 0 Å². The summed E-state index contributed by atoms with van der Waals surface area (Å²) in [5, 5.41) is 6.00. The van der Waals surface area contributed by atoms with Crippen LogP contribution < -0.4 is 14.2 Å². The molecule has 0 bridgehead atoms. The molecule has 0 fully saturated rings. The molecule has 2 aromatic carbocycles. The predicted octanol–water partition coefficient (Wildman–Crippen LogP) is 3.63. The predicted molar refractivity (Wildman–Crippen MR) is 104 cm³/mol. The Hall–Kier alpha value is -2.73. The molecule has 0 radical (unpaired) electrons. The van der Waals surface area contributed by atoms with Crippen molar-refractivity contribution in [1.29, 1.82) is 0 Å². The summed E-state index contributed by atoms with van der Waals surface area (Å²) >= 11 is 5.81. The Kier molecular flexibility index (Phi) is 5.86. The Balaban J connectivity index is 1.97. The molecule has 1 amide bonds. The molecule has 1 aliphatic rings. The zero-order chi connectivity index (χ0) is 19.4. The highest BCUT2D eigenvalue weighted by atomic mass is 35.5. The second-order valence-electron chi connectivity index (χ2n) is 5.98. The number of amides is 1. The number of carbonyl (C=O) groups excluding carboxylic acids is 1. The van der Waals surface area contributed by atoms with Crippen LogP contribution in [0.5, 0.6) is 17.2 Å². The van der Waals surface area contributed by atoms with Crippen LogP contribution in [0.2, 0.25) is 0 Å². The smallest absolute Gasteiger partial charge is 0.258 e. The van der Waals surface area contributed by atoms with Crippen molar-refractivity contribution in [2.75, 3.05) is 27.2 Å². The molecule has 1 heterocycles. The number of halogens is 1. The third kappa shape index (κ3) is 3.85. The van der Waals surface area contributed by atoms with Gasteiger partial charge in [0.15, 0.2) is 11.5 Å². The molecule has 6 nitrogen and oxygen atoms in total. The summed E-state index contributed by atoms with van der Waals surface area (Å²) < 4.78 is 16.0. The summed E-state index contributed by atoms with van der Waals surface area (Å²) in [5.74, 6) is 1.57. The number of hydrogen-bond acceptors (Lipinski definition) is 5. The first kappa shape index (κ1) is 19.0. The van der Waals surface area contributed by atoms with Gasteiger partial charge in [0.25, 0.3) is 5.91 Å². The molecule has 1 aliphatic heterocycles. The van der Waals surface area contributed by atoms with E-state index < -0.39 is 0 Å². The Morgan fingerprint density at radius 1 is 1.11 bits per heavy atom. The number of benzene rings is 2. The van der Waals surface area contributed by atoms with Crippen LogP contribution in [0.3, 0.4) is 0 Å². The van der Waals surface area contributed by atoms with Crippen LogP contribution in [-0.2, 0) is 4.79 Å². The van der Waals surface area contributed by atoms with Gasteiger partial charge in [-0.15, -0.1) is 11.6 Å². The summed E-state index contributed by atoms with van der Waals surface area (Å²) in [5.41, 5.74) is 2.60. The maximum Gasteiger partial charge on any atom is 0.258 e. The van der Waals surface area contributed by atoms with Crippen molar-refractivity contribution in [3.8, 4) is 17.2 Å². The van der Waals surface area contributed by atoms with E-state index in [1.807, 2.05) is 42.5 Å². The molecule has 0 spiro atoms. The summed E-state index contributed by atoms with van der Waals surface area (Å²) in [6.07, 6.45) is 0.561. The van der Waals surface area contributed by atoms with E-state index in [2.05, 4.69) is 5.10 Å². The van der Waals surface area contributed by atoms with Crippen molar-refractivity contribution in [2.24, 2.45) is 5.10 Å². The number of hydrogen-bond donors (Lipinski definition) is 0. The molecule has 27 heavy (non-hydrogen) atoms. The molecule has 2 aromatic rings. The van der Waals surface area contributed by atoms with Crippen LogP contribution >= 0.6 is 11.6 Å². The molecular weight excluding hydrogens is 368 g/mol. The molecule has 1 unspecified atom stereocenters. The van der Waals surface area contributed by atoms with Crippen molar-refractivity contribution in [3.05, 3.63) is 53.6 Å². The van der Waals surface area contributed by atoms with E-state index in [-0.39, 0.29) is 17.8 Å². The fraction of sp³-hybridized carbons (Fsp3) is 0.300. The van der Waals surface area contributed by atoms with Crippen molar-refractivity contribution >= 4 is 23.2 Å². The summed E-state index contributed by atoms with van der Waals surface area (Å²) in [6, 6.07) is 12.9. The van der Waals surface area contributed by atoms with Gasteiger partial charge in [-0.2, -0.15) is 5.10 Å². The highest BCUT2D eigenvalue weighted by Gasteiger charge is 2.33. The SMILES string of the molecule is COc1cccc(C2=NN(C(=O)CCl)C(c3ccc(OC)c(OC)c3)C2)c1. The highest BCUT2D eigenvalue weighted by molar-refractivity contribution is 6.27. The van der Waals surface area contributed by atoms with Gasteiger partial charge in [0, 0.05) is 12.0 Å². The Morgan fingerprint density at radius 2 is 1.89 bits per heavy atom. The maximum absolute atomic E-state index is 12.4.